The number of aliphatic hydroxyl groups is 7. The van der Waals surface area contributed by atoms with Crippen molar-refractivity contribution < 1.29 is 87.9 Å². The maximum Gasteiger partial charge on any atom is 0.334 e. The van der Waals surface area contributed by atoms with Crippen LogP contribution in [0.15, 0.2) is 70.1 Å². The van der Waals surface area contributed by atoms with E-state index >= 15 is 0 Å². The number of ether oxygens (including phenoxy) is 10. The summed E-state index contributed by atoms with van der Waals surface area (Å²) in [5.74, 6) is -4.14. The van der Waals surface area contributed by atoms with Crippen molar-refractivity contribution in [1.82, 2.24) is 0 Å². The fraction of sp³-hybridized carbons (Fsp3) is 0.755. The van der Waals surface area contributed by atoms with E-state index < -0.39 is 115 Å². The van der Waals surface area contributed by atoms with E-state index in [-0.39, 0.29) is 30.8 Å². The molecule has 3 saturated heterocycles. The first-order valence-corrected chi connectivity index (χ1v) is 24.8. The normalized spacial score (nSPS) is 45.7. The summed E-state index contributed by atoms with van der Waals surface area (Å²) in [4.78, 5) is 14.3. The number of esters is 1. The third kappa shape index (κ3) is 14.9. The topological polar surface area (TPSA) is 251 Å². The van der Waals surface area contributed by atoms with E-state index in [1.165, 1.54) is 27.2 Å². The van der Waals surface area contributed by atoms with Gasteiger partial charge in [0, 0.05) is 52.3 Å². The molecule has 18 nitrogen and oxygen atoms in total. The van der Waals surface area contributed by atoms with Gasteiger partial charge in [-0.1, -0.05) is 54.9 Å². The molecule has 0 aromatic rings. The molecule has 71 heavy (non-hydrogen) atoms. The van der Waals surface area contributed by atoms with Crippen LogP contribution >= 0.6 is 0 Å². The standard InChI is InChI=1S/C53H86O18/c1-28-18-19-37(63-13)26-39(34(7)53(61)48(65-15)47(58)52(11,40(70-53)17-16-20-62-12)71-41-27-51(10,60)46(57)36(9)66-41)68-49(59)33(6)25-38(64-14)24-30(3)23-32(5)45(31(4)22-29(2)21-28)69-50-44(56)43(55)42(54)35(8)67-50/h18,21-25,32,34-37,39-48,50,54-58,60-61H,16-17,19-20,26-27H2,1-15H3/b28-18+,29-21+,30-23+,31-22+,33-25+,38-24+/t32?,34?,35-,36+,37?,39?,40?,41-,42-,43+,44-,45?,46+,47?,48?,50-,51-,52?,53?/m0/s1. The highest BCUT2D eigenvalue weighted by molar-refractivity contribution is 5.88. The fourth-order valence-electron chi connectivity index (χ4n) is 10.1. The average molecular weight is 1010 g/mol. The van der Waals surface area contributed by atoms with Gasteiger partial charge in [0.1, 0.15) is 54.1 Å². The van der Waals surface area contributed by atoms with Crippen LogP contribution < -0.4 is 0 Å². The van der Waals surface area contributed by atoms with Crippen molar-refractivity contribution in [2.75, 3.05) is 35.0 Å². The number of methoxy groups -OCH3 is 4. The molecule has 0 bridgehead atoms. The lowest BCUT2D eigenvalue weighted by atomic mass is 9.75. The summed E-state index contributed by atoms with van der Waals surface area (Å²) in [5, 5.41) is 78.8. The highest BCUT2D eigenvalue weighted by Gasteiger charge is 2.64. The highest BCUT2D eigenvalue weighted by atomic mass is 16.7. The zero-order valence-corrected chi connectivity index (χ0v) is 44.6. The van der Waals surface area contributed by atoms with Crippen LogP contribution in [0, 0.1) is 11.8 Å². The van der Waals surface area contributed by atoms with Crippen molar-refractivity contribution in [2.24, 2.45) is 11.8 Å². The number of carbonyl (C=O) groups excluding carboxylic acids is 1. The molecule has 0 aromatic heterocycles. The molecule has 4 aliphatic rings. The first-order chi connectivity index (χ1) is 33.2. The molecular formula is C53H86O18. The van der Waals surface area contributed by atoms with Gasteiger partial charge in [-0.15, -0.1) is 0 Å². The smallest absolute Gasteiger partial charge is 0.334 e. The molecule has 0 aliphatic carbocycles. The molecule has 0 amide bonds. The van der Waals surface area contributed by atoms with Crippen molar-refractivity contribution in [3.8, 4) is 0 Å². The van der Waals surface area contributed by atoms with Crippen LogP contribution in [0.3, 0.4) is 0 Å². The number of rotatable bonds is 13. The van der Waals surface area contributed by atoms with Gasteiger partial charge in [0.25, 0.3) is 0 Å². The molecule has 0 spiro atoms. The summed E-state index contributed by atoms with van der Waals surface area (Å²) < 4.78 is 60.9. The Morgan fingerprint density at radius 2 is 1.48 bits per heavy atom. The second-order valence-corrected chi connectivity index (χ2v) is 20.5. The first kappa shape index (κ1) is 60.7. The maximum atomic E-state index is 14.3. The van der Waals surface area contributed by atoms with Crippen molar-refractivity contribution in [1.29, 1.82) is 0 Å². The highest BCUT2D eigenvalue weighted by Crippen LogP contribution is 2.47. The lowest BCUT2D eigenvalue weighted by Gasteiger charge is -2.57. The Morgan fingerprint density at radius 3 is 2.08 bits per heavy atom. The molecule has 3 fully saturated rings. The Bertz CT molecular complexity index is 1940. The Labute approximate surface area is 420 Å². The van der Waals surface area contributed by atoms with E-state index in [0.29, 0.717) is 25.2 Å². The van der Waals surface area contributed by atoms with Crippen LogP contribution in [-0.4, -0.2) is 180 Å². The number of aliphatic hydroxyl groups excluding tert-OH is 5. The first-order valence-electron chi connectivity index (χ1n) is 24.8. The minimum atomic E-state index is -2.31. The minimum absolute atomic E-state index is 0.0683. The molecule has 406 valence electrons. The quantitative estimate of drug-likeness (QED) is 0.1000. The van der Waals surface area contributed by atoms with Gasteiger partial charge >= 0.3 is 5.97 Å². The van der Waals surface area contributed by atoms with Crippen LogP contribution in [0.2, 0.25) is 0 Å². The summed E-state index contributed by atoms with van der Waals surface area (Å²) in [5.41, 5.74) is 0.283. The van der Waals surface area contributed by atoms with Gasteiger partial charge in [-0.25, -0.2) is 4.79 Å². The summed E-state index contributed by atoms with van der Waals surface area (Å²) in [6.07, 6.45) is -3.71. The number of hydrogen-bond donors (Lipinski definition) is 7. The molecule has 18 heteroatoms. The lowest BCUT2D eigenvalue weighted by Crippen LogP contribution is -2.74. The SMILES string of the molecule is COCCCC1OC(O)(C(C)C2CC(OC)C/C=C(C)/C=C(C)/C=C(\C)C(O[C@@H]3O[C@@H](C)[C@H](O)[C@@H](O)[C@@H]3O)C(C)/C=C(C)/C=C(OC)\C=C(/C)C(=O)O2)C(OC)C(O)C1(C)O[C@H]1C[C@](C)(O)[C@H](O)[C@@H](C)O1. The Morgan fingerprint density at radius 1 is 0.803 bits per heavy atom. The molecule has 0 saturated carbocycles. The Balaban J connectivity index is 1.78. The fourth-order valence-corrected chi connectivity index (χ4v) is 10.1. The van der Waals surface area contributed by atoms with Crippen LogP contribution in [0.5, 0.6) is 0 Å². The minimum Gasteiger partial charge on any atom is -0.497 e. The number of hydrogen-bond acceptors (Lipinski definition) is 18. The van der Waals surface area contributed by atoms with E-state index in [1.807, 2.05) is 58.9 Å². The van der Waals surface area contributed by atoms with Crippen molar-refractivity contribution in [2.45, 2.75) is 211 Å². The second-order valence-electron chi connectivity index (χ2n) is 20.5. The molecule has 0 radical (unpaired) electrons. The van der Waals surface area contributed by atoms with Crippen molar-refractivity contribution in [3.63, 3.8) is 0 Å². The third-order valence-electron chi connectivity index (χ3n) is 14.5. The molecule has 7 N–H and O–H groups in total. The third-order valence-corrected chi connectivity index (χ3v) is 14.5. The monoisotopic (exact) mass is 1010 g/mol. The van der Waals surface area contributed by atoms with Crippen LogP contribution in [-0.2, 0) is 52.2 Å². The van der Waals surface area contributed by atoms with Gasteiger partial charge in [-0.3, -0.25) is 0 Å². The van der Waals surface area contributed by atoms with Gasteiger partial charge in [-0.2, -0.15) is 0 Å². The van der Waals surface area contributed by atoms with E-state index in [0.717, 1.165) is 22.3 Å². The van der Waals surface area contributed by atoms with Crippen molar-refractivity contribution >= 4 is 5.97 Å². The predicted molar refractivity (Wildman–Crippen MR) is 262 cm³/mol. The van der Waals surface area contributed by atoms with Gasteiger partial charge in [0.15, 0.2) is 12.6 Å². The summed E-state index contributed by atoms with van der Waals surface area (Å²) >= 11 is 0. The maximum absolute atomic E-state index is 14.3. The van der Waals surface area contributed by atoms with Crippen LogP contribution in [0.25, 0.3) is 0 Å². The van der Waals surface area contributed by atoms with E-state index in [4.69, 9.17) is 47.4 Å². The Hall–Kier alpha value is -2.89. The van der Waals surface area contributed by atoms with E-state index in [2.05, 4.69) is 0 Å². The predicted octanol–water partition coefficient (Wildman–Crippen LogP) is 4.37. The van der Waals surface area contributed by atoms with Gasteiger partial charge < -0.3 is 83.1 Å². The number of carbonyl (C=O) groups is 1. The molecule has 4 aliphatic heterocycles. The largest absolute Gasteiger partial charge is 0.497 e. The summed E-state index contributed by atoms with van der Waals surface area (Å²) in [6.45, 7) is 19.5. The van der Waals surface area contributed by atoms with E-state index in [1.54, 1.807) is 54.9 Å². The molecule has 4 rings (SSSR count). The number of cyclic esters (lactones) is 1. The lowest BCUT2D eigenvalue weighted by molar-refractivity contribution is -0.417. The zero-order valence-electron chi connectivity index (χ0n) is 44.6. The molecular weight excluding hydrogens is 925 g/mol. The van der Waals surface area contributed by atoms with Gasteiger partial charge in [-0.05, 0) is 99.3 Å². The summed E-state index contributed by atoms with van der Waals surface area (Å²) in [6, 6.07) is 0. The molecule has 19 atom stereocenters. The van der Waals surface area contributed by atoms with E-state index in [9.17, 15) is 40.5 Å². The number of allylic oxidation sites excluding steroid dienone is 7. The summed E-state index contributed by atoms with van der Waals surface area (Å²) in [7, 11) is 5.89. The van der Waals surface area contributed by atoms with Crippen molar-refractivity contribution in [3.05, 3.63) is 70.1 Å². The van der Waals surface area contributed by atoms with Gasteiger partial charge in [0.2, 0.25) is 5.79 Å². The van der Waals surface area contributed by atoms with Gasteiger partial charge in [0.05, 0.1) is 49.1 Å². The zero-order chi connectivity index (χ0) is 53.3. The average Bonchev–Trinajstić information content (AvgIpc) is 3.29. The Kier molecular flexibility index (Phi) is 22.3. The van der Waals surface area contributed by atoms with Crippen LogP contribution in [0.1, 0.15) is 108 Å². The molecule has 4 heterocycles. The molecule has 0 aromatic carbocycles. The van der Waals surface area contributed by atoms with Crippen LogP contribution in [0.4, 0.5) is 0 Å². The molecule has 10 unspecified atom stereocenters. The second kappa shape index (κ2) is 26.1.